The van der Waals surface area contributed by atoms with Crippen molar-refractivity contribution in [2.75, 3.05) is 7.11 Å². The number of nitrogens with one attached hydrogen (secondary N) is 2. The van der Waals surface area contributed by atoms with Gasteiger partial charge in [0.15, 0.2) is 4.77 Å². The number of ether oxygens (including phenoxy) is 3. The van der Waals surface area contributed by atoms with E-state index in [1.807, 2.05) is 0 Å². The van der Waals surface area contributed by atoms with Gasteiger partial charge in [-0.2, -0.15) is 0 Å². The second kappa shape index (κ2) is 8.55. The number of imidazole rings is 1. The molecular weight excluding hydrogens is 374 g/mol. The van der Waals surface area contributed by atoms with Gasteiger partial charge in [-0.25, -0.2) is 19.0 Å². The molecule has 0 aliphatic carbocycles. The Bertz CT molecular complexity index is 754. The zero-order valence-corrected chi connectivity index (χ0v) is 17.5. The number of aromatic amines is 1. The van der Waals surface area contributed by atoms with E-state index in [1.165, 1.54) is 13.3 Å². The van der Waals surface area contributed by atoms with Gasteiger partial charge in [-0.15, -0.1) is 0 Å². The molecule has 0 aromatic carbocycles. The first kappa shape index (κ1) is 22.7. The summed E-state index contributed by atoms with van der Waals surface area (Å²) >= 11 is 5.12. The van der Waals surface area contributed by atoms with E-state index in [4.69, 9.17) is 26.4 Å². The van der Waals surface area contributed by atoms with Gasteiger partial charge in [0.25, 0.3) is 0 Å². The van der Waals surface area contributed by atoms with E-state index in [9.17, 15) is 14.4 Å². The summed E-state index contributed by atoms with van der Waals surface area (Å²) < 4.78 is 16.4. The lowest BCUT2D eigenvalue weighted by atomic mass is 10.1. The maximum Gasteiger partial charge on any atom is 0.420 e. The number of methoxy groups -OCH3 is 1. The number of hydrogen-bond acceptors (Lipinski definition) is 7. The quantitative estimate of drug-likeness (QED) is 0.453. The molecular formula is C17H27N3O6S. The van der Waals surface area contributed by atoms with Crippen LogP contribution in [-0.4, -0.2) is 52.1 Å². The van der Waals surface area contributed by atoms with Crippen LogP contribution in [0.4, 0.5) is 9.59 Å². The number of aromatic nitrogens is 2. The molecule has 1 heterocycles. The number of rotatable bonds is 4. The van der Waals surface area contributed by atoms with Gasteiger partial charge in [0.1, 0.15) is 17.2 Å². The van der Waals surface area contributed by atoms with Crippen molar-refractivity contribution in [2.24, 2.45) is 0 Å². The highest BCUT2D eigenvalue weighted by molar-refractivity contribution is 7.71. The Hall–Kier alpha value is -2.36. The van der Waals surface area contributed by atoms with Crippen LogP contribution in [0.5, 0.6) is 0 Å². The van der Waals surface area contributed by atoms with Crippen molar-refractivity contribution in [1.29, 1.82) is 0 Å². The van der Waals surface area contributed by atoms with Gasteiger partial charge in [0, 0.05) is 18.3 Å². The highest BCUT2D eigenvalue weighted by Crippen LogP contribution is 2.12. The highest BCUT2D eigenvalue weighted by atomic mass is 32.1. The van der Waals surface area contributed by atoms with Crippen molar-refractivity contribution in [1.82, 2.24) is 14.9 Å². The second-order valence-electron chi connectivity index (χ2n) is 7.86. The van der Waals surface area contributed by atoms with Crippen LogP contribution in [0.15, 0.2) is 6.20 Å². The first-order valence-electron chi connectivity index (χ1n) is 8.33. The maximum absolute atomic E-state index is 12.2. The number of H-pyrrole nitrogens is 1. The van der Waals surface area contributed by atoms with Crippen LogP contribution in [0.2, 0.25) is 0 Å². The van der Waals surface area contributed by atoms with Crippen molar-refractivity contribution in [3.63, 3.8) is 0 Å². The summed E-state index contributed by atoms with van der Waals surface area (Å²) in [4.78, 5) is 39.0. The van der Waals surface area contributed by atoms with E-state index in [0.29, 0.717) is 5.69 Å². The number of amides is 1. The molecule has 1 amide bonds. The Labute approximate surface area is 163 Å². The smallest absolute Gasteiger partial charge is 0.420 e. The molecule has 152 valence electrons. The molecule has 27 heavy (non-hydrogen) atoms. The molecule has 0 radical (unpaired) electrons. The van der Waals surface area contributed by atoms with E-state index < -0.39 is 35.4 Å². The average Bonchev–Trinajstić information content (AvgIpc) is 2.82. The number of nitrogens with zero attached hydrogens (tertiary/aromatic N) is 1. The van der Waals surface area contributed by atoms with Crippen molar-refractivity contribution in [3.05, 3.63) is 16.7 Å². The monoisotopic (exact) mass is 401 g/mol. The topological polar surface area (TPSA) is 112 Å². The molecule has 1 aromatic heterocycles. The fourth-order valence-corrected chi connectivity index (χ4v) is 2.26. The van der Waals surface area contributed by atoms with E-state index in [-0.39, 0.29) is 11.2 Å². The first-order valence-corrected chi connectivity index (χ1v) is 8.74. The molecule has 0 aliphatic heterocycles. The second-order valence-corrected chi connectivity index (χ2v) is 8.25. The Morgan fingerprint density at radius 1 is 1.15 bits per heavy atom. The first-order chi connectivity index (χ1) is 12.2. The molecule has 1 atom stereocenters. The molecule has 0 saturated carbocycles. The predicted octanol–water partition coefficient (Wildman–Crippen LogP) is 2.94. The molecule has 0 saturated heterocycles. The zero-order chi connectivity index (χ0) is 21.0. The summed E-state index contributed by atoms with van der Waals surface area (Å²) in [6, 6.07) is -1.02. The minimum absolute atomic E-state index is 0.0192. The molecule has 0 fully saturated rings. The highest BCUT2D eigenvalue weighted by Gasteiger charge is 2.27. The van der Waals surface area contributed by atoms with Crippen LogP contribution >= 0.6 is 12.2 Å². The Morgan fingerprint density at radius 2 is 1.70 bits per heavy atom. The van der Waals surface area contributed by atoms with E-state index in [2.05, 4.69) is 10.3 Å². The van der Waals surface area contributed by atoms with Gasteiger partial charge in [-0.05, 0) is 53.8 Å². The van der Waals surface area contributed by atoms with E-state index in [1.54, 1.807) is 41.5 Å². The van der Waals surface area contributed by atoms with Gasteiger partial charge in [-0.1, -0.05) is 0 Å². The third-order valence-electron chi connectivity index (χ3n) is 2.96. The molecule has 9 nitrogen and oxygen atoms in total. The molecule has 0 aliphatic rings. The lowest BCUT2D eigenvalue weighted by Gasteiger charge is -2.22. The normalized spacial score (nSPS) is 12.9. The summed E-state index contributed by atoms with van der Waals surface area (Å²) in [6.07, 6.45) is 0.0295. The Morgan fingerprint density at radius 3 is 2.19 bits per heavy atom. The molecule has 2 N–H and O–H groups in total. The van der Waals surface area contributed by atoms with Crippen LogP contribution < -0.4 is 5.32 Å². The number of carbonyl (C=O) groups is 3. The van der Waals surface area contributed by atoms with Gasteiger partial charge in [0.2, 0.25) is 0 Å². The van der Waals surface area contributed by atoms with Gasteiger partial charge in [0.05, 0.1) is 7.11 Å². The van der Waals surface area contributed by atoms with Crippen molar-refractivity contribution in [2.45, 2.75) is 65.2 Å². The standard InChI is InChI=1S/C17H27N3O6S/c1-16(2,3)25-14(22)19-11(12(21)24-7)8-10-9-20(13(27)18-10)15(23)26-17(4,5)6/h9,11H,8H2,1-7H3,(H,18,27)(H,19,22)/t11-/m0/s1. The van der Waals surface area contributed by atoms with Crippen molar-refractivity contribution >= 4 is 30.4 Å². The molecule has 0 unspecified atom stereocenters. The van der Waals surface area contributed by atoms with Crippen molar-refractivity contribution < 1.29 is 28.6 Å². The Kier molecular flexibility index (Phi) is 7.18. The molecule has 1 rings (SSSR count). The summed E-state index contributed by atoms with van der Waals surface area (Å²) in [5.41, 5.74) is -0.960. The fourth-order valence-electron chi connectivity index (χ4n) is 2.00. The number of esters is 1. The number of hydrogen-bond donors (Lipinski definition) is 2. The van der Waals surface area contributed by atoms with Crippen LogP contribution in [0, 0.1) is 4.77 Å². The number of carbonyl (C=O) groups excluding carboxylic acids is 3. The average molecular weight is 401 g/mol. The Balaban J connectivity index is 2.95. The van der Waals surface area contributed by atoms with Crippen LogP contribution in [-0.2, 0) is 25.4 Å². The summed E-state index contributed by atoms with van der Waals surface area (Å²) in [5.74, 6) is -0.662. The molecule has 0 bridgehead atoms. The van der Waals surface area contributed by atoms with Crippen LogP contribution in [0.25, 0.3) is 0 Å². The predicted molar refractivity (Wildman–Crippen MR) is 100 cm³/mol. The van der Waals surface area contributed by atoms with Gasteiger partial charge >= 0.3 is 18.2 Å². The minimum atomic E-state index is -1.02. The third kappa shape index (κ3) is 7.81. The van der Waals surface area contributed by atoms with E-state index >= 15 is 0 Å². The van der Waals surface area contributed by atoms with E-state index in [0.717, 1.165) is 4.57 Å². The van der Waals surface area contributed by atoms with Crippen LogP contribution in [0.1, 0.15) is 47.2 Å². The summed E-state index contributed by atoms with van der Waals surface area (Å²) in [5, 5.41) is 2.45. The SMILES string of the molecule is COC(=O)[C@H](Cc1cn(C(=O)OC(C)(C)C)c(=S)[nH]1)NC(=O)OC(C)(C)C. The number of alkyl carbamates (subject to hydrolysis) is 1. The third-order valence-corrected chi connectivity index (χ3v) is 3.26. The molecule has 10 heteroatoms. The molecule has 0 spiro atoms. The molecule has 1 aromatic rings. The van der Waals surface area contributed by atoms with Crippen LogP contribution in [0.3, 0.4) is 0 Å². The van der Waals surface area contributed by atoms with Gasteiger partial charge < -0.3 is 24.5 Å². The summed E-state index contributed by atoms with van der Waals surface area (Å²) in [6.45, 7) is 10.3. The lowest BCUT2D eigenvalue weighted by Crippen LogP contribution is -2.45. The summed E-state index contributed by atoms with van der Waals surface area (Å²) in [7, 11) is 1.21. The maximum atomic E-state index is 12.2. The lowest BCUT2D eigenvalue weighted by molar-refractivity contribution is -0.143. The minimum Gasteiger partial charge on any atom is -0.467 e. The largest absolute Gasteiger partial charge is 0.467 e. The van der Waals surface area contributed by atoms with Gasteiger partial charge in [-0.3, -0.25) is 0 Å². The zero-order valence-electron chi connectivity index (χ0n) is 16.7. The fraction of sp³-hybridized carbons (Fsp3) is 0.647. The van der Waals surface area contributed by atoms with Crippen molar-refractivity contribution in [3.8, 4) is 0 Å².